The summed E-state index contributed by atoms with van der Waals surface area (Å²) in [5.41, 5.74) is 0.733. The highest BCUT2D eigenvalue weighted by molar-refractivity contribution is 9.10. The van der Waals surface area contributed by atoms with Crippen molar-refractivity contribution in [3.63, 3.8) is 0 Å². The molecule has 0 amide bonds. The first-order chi connectivity index (χ1) is 6.02. The van der Waals surface area contributed by atoms with Gasteiger partial charge in [-0.05, 0) is 23.6 Å². The highest BCUT2D eigenvalue weighted by Crippen LogP contribution is 2.28. The van der Waals surface area contributed by atoms with Crippen molar-refractivity contribution in [2.75, 3.05) is 0 Å². The van der Waals surface area contributed by atoms with Crippen LogP contribution in [-0.4, -0.2) is 5.11 Å². The Morgan fingerprint density at radius 1 is 1.38 bits per heavy atom. The van der Waals surface area contributed by atoms with Crippen molar-refractivity contribution in [3.8, 4) is 0 Å². The van der Waals surface area contributed by atoms with Crippen molar-refractivity contribution in [2.45, 2.75) is 20.0 Å². The molecule has 0 saturated heterocycles. The molecule has 1 atom stereocenters. The van der Waals surface area contributed by atoms with Gasteiger partial charge < -0.3 is 5.11 Å². The molecule has 1 unspecified atom stereocenters. The van der Waals surface area contributed by atoms with Crippen LogP contribution in [0.3, 0.4) is 0 Å². The van der Waals surface area contributed by atoms with Gasteiger partial charge in [-0.15, -0.1) is 0 Å². The Kier molecular flexibility index (Phi) is 3.45. The van der Waals surface area contributed by atoms with Crippen molar-refractivity contribution in [1.82, 2.24) is 0 Å². The molecular weight excluding hydrogens is 235 g/mol. The van der Waals surface area contributed by atoms with E-state index >= 15 is 0 Å². The van der Waals surface area contributed by atoms with Gasteiger partial charge in [-0.2, -0.15) is 0 Å². The fraction of sp³-hybridized carbons (Fsp3) is 0.400. The van der Waals surface area contributed by atoms with Crippen LogP contribution in [-0.2, 0) is 0 Å². The number of hydrogen-bond acceptors (Lipinski definition) is 1. The van der Waals surface area contributed by atoms with Crippen LogP contribution in [0.15, 0.2) is 22.7 Å². The van der Waals surface area contributed by atoms with Gasteiger partial charge in [0.2, 0.25) is 0 Å². The molecule has 1 N–H and O–H groups in total. The molecule has 3 heteroatoms. The molecule has 1 aromatic rings. The Bertz CT molecular complexity index is 299. The summed E-state index contributed by atoms with van der Waals surface area (Å²) in [5, 5.41) is 9.72. The molecule has 0 aromatic heterocycles. The Labute approximate surface area is 85.7 Å². The maximum absolute atomic E-state index is 12.7. The Balaban J connectivity index is 3.01. The van der Waals surface area contributed by atoms with E-state index in [0.717, 1.165) is 5.56 Å². The molecule has 0 bridgehead atoms. The second kappa shape index (κ2) is 4.20. The highest BCUT2D eigenvalue weighted by atomic mass is 79.9. The molecule has 0 aliphatic heterocycles. The van der Waals surface area contributed by atoms with Gasteiger partial charge in [-0.3, -0.25) is 0 Å². The van der Waals surface area contributed by atoms with Crippen molar-refractivity contribution < 1.29 is 9.50 Å². The monoisotopic (exact) mass is 246 g/mol. The standard InChI is InChI=1S/C10H12BrFO/c1-6(2)10(13)8-4-3-7(12)5-9(8)11/h3-6,10,13H,1-2H3. The molecule has 0 radical (unpaired) electrons. The number of aliphatic hydroxyl groups is 1. The molecule has 0 spiro atoms. The predicted octanol–water partition coefficient (Wildman–Crippen LogP) is 3.28. The molecule has 13 heavy (non-hydrogen) atoms. The van der Waals surface area contributed by atoms with Crippen molar-refractivity contribution in [1.29, 1.82) is 0 Å². The molecule has 72 valence electrons. The van der Waals surface area contributed by atoms with Crippen LogP contribution in [0.1, 0.15) is 25.5 Å². The van der Waals surface area contributed by atoms with Crippen LogP contribution < -0.4 is 0 Å². The molecule has 1 aromatic carbocycles. The lowest BCUT2D eigenvalue weighted by molar-refractivity contribution is 0.126. The smallest absolute Gasteiger partial charge is 0.124 e. The maximum Gasteiger partial charge on any atom is 0.124 e. The van der Waals surface area contributed by atoms with Gasteiger partial charge in [0.1, 0.15) is 5.82 Å². The second-order valence-electron chi connectivity index (χ2n) is 3.35. The summed E-state index contributed by atoms with van der Waals surface area (Å²) in [7, 11) is 0. The summed E-state index contributed by atoms with van der Waals surface area (Å²) in [4.78, 5) is 0. The molecular formula is C10H12BrFO. The van der Waals surface area contributed by atoms with Crippen LogP contribution >= 0.6 is 15.9 Å². The quantitative estimate of drug-likeness (QED) is 0.850. The molecule has 0 aliphatic carbocycles. The van der Waals surface area contributed by atoms with E-state index in [1.165, 1.54) is 12.1 Å². The van der Waals surface area contributed by atoms with Crippen LogP contribution in [0.4, 0.5) is 4.39 Å². The van der Waals surface area contributed by atoms with Crippen molar-refractivity contribution in [2.24, 2.45) is 5.92 Å². The molecule has 0 aliphatic rings. The van der Waals surface area contributed by atoms with E-state index < -0.39 is 6.10 Å². The van der Waals surface area contributed by atoms with E-state index in [9.17, 15) is 9.50 Å². The fourth-order valence-corrected chi connectivity index (χ4v) is 1.69. The summed E-state index contributed by atoms with van der Waals surface area (Å²) < 4.78 is 13.3. The summed E-state index contributed by atoms with van der Waals surface area (Å²) in [6, 6.07) is 4.32. The van der Waals surface area contributed by atoms with Crippen LogP contribution in [0.5, 0.6) is 0 Å². The maximum atomic E-state index is 12.7. The number of aliphatic hydroxyl groups excluding tert-OH is 1. The van der Waals surface area contributed by atoms with Crippen LogP contribution in [0.25, 0.3) is 0 Å². The number of benzene rings is 1. The van der Waals surface area contributed by atoms with E-state index in [-0.39, 0.29) is 11.7 Å². The normalized spacial score (nSPS) is 13.4. The third-order valence-electron chi connectivity index (χ3n) is 1.91. The largest absolute Gasteiger partial charge is 0.388 e. The van der Waals surface area contributed by atoms with Crippen molar-refractivity contribution >= 4 is 15.9 Å². The highest BCUT2D eigenvalue weighted by Gasteiger charge is 2.14. The number of hydrogen-bond donors (Lipinski definition) is 1. The summed E-state index contributed by atoms with van der Waals surface area (Å²) in [5.74, 6) is -0.173. The average molecular weight is 247 g/mol. The van der Waals surface area contributed by atoms with Gasteiger partial charge in [0.25, 0.3) is 0 Å². The van der Waals surface area contributed by atoms with Gasteiger partial charge in [0, 0.05) is 4.47 Å². The minimum Gasteiger partial charge on any atom is -0.388 e. The van der Waals surface area contributed by atoms with E-state index in [1.807, 2.05) is 13.8 Å². The predicted molar refractivity (Wildman–Crippen MR) is 53.9 cm³/mol. The topological polar surface area (TPSA) is 20.2 Å². The molecule has 1 nitrogen and oxygen atoms in total. The Morgan fingerprint density at radius 3 is 2.46 bits per heavy atom. The zero-order chi connectivity index (χ0) is 10.0. The van der Waals surface area contributed by atoms with Gasteiger partial charge >= 0.3 is 0 Å². The Hall–Kier alpha value is -0.410. The first-order valence-corrected chi connectivity index (χ1v) is 4.94. The second-order valence-corrected chi connectivity index (χ2v) is 4.21. The lowest BCUT2D eigenvalue weighted by atomic mass is 9.99. The number of halogens is 2. The zero-order valence-electron chi connectivity index (χ0n) is 7.59. The molecule has 0 saturated carbocycles. The zero-order valence-corrected chi connectivity index (χ0v) is 9.18. The third kappa shape index (κ3) is 2.51. The van der Waals surface area contributed by atoms with E-state index in [4.69, 9.17) is 0 Å². The van der Waals surface area contributed by atoms with Crippen LogP contribution in [0, 0.1) is 11.7 Å². The van der Waals surface area contributed by atoms with E-state index in [1.54, 1.807) is 6.07 Å². The Morgan fingerprint density at radius 2 is 2.00 bits per heavy atom. The first-order valence-electron chi connectivity index (χ1n) is 4.15. The third-order valence-corrected chi connectivity index (χ3v) is 2.60. The van der Waals surface area contributed by atoms with E-state index in [0.29, 0.717) is 4.47 Å². The molecule has 0 heterocycles. The minimum absolute atomic E-state index is 0.127. The summed E-state index contributed by atoms with van der Waals surface area (Å²) in [6.45, 7) is 3.83. The van der Waals surface area contributed by atoms with E-state index in [2.05, 4.69) is 15.9 Å². The first kappa shape index (κ1) is 10.7. The van der Waals surface area contributed by atoms with Crippen LogP contribution in [0.2, 0.25) is 0 Å². The van der Waals surface area contributed by atoms with Gasteiger partial charge in [-0.25, -0.2) is 4.39 Å². The van der Waals surface area contributed by atoms with Crippen molar-refractivity contribution in [3.05, 3.63) is 34.1 Å². The van der Waals surface area contributed by atoms with Gasteiger partial charge in [0.15, 0.2) is 0 Å². The lowest BCUT2D eigenvalue weighted by Gasteiger charge is -2.16. The molecule has 0 fully saturated rings. The fourth-order valence-electron chi connectivity index (χ4n) is 1.10. The SMILES string of the molecule is CC(C)C(O)c1ccc(F)cc1Br. The van der Waals surface area contributed by atoms with Gasteiger partial charge in [0.05, 0.1) is 6.10 Å². The number of rotatable bonds is 2. The molecule has 1 rings (SSSR count). The summed E-state index contributed by atoms with van der Waals surface area (Å²) >= 11 is 3.22. The summed E-state index contributed by atoms with van der Waals surface area (Å²) in [6.07, 6.45) is -0.546. The lowest BCUT2D eigenvalue weighted by Crippen LogP contribution is -2.06. The average Bonchev–Trinajstić information content (AvgIpc) is 2.03. The minimum atomic E-state index is -0.546. The van der Waals surface area contributed by atoms with Gasteiger partial charge in [-0.1, -0.05) is 35.8 Å².